The first-order valence-electron chi connectivity index (χ1n) is 7.86. The summed E-state index contributed by atoms with van der Waals surface area (Å²) in [6.07, 6.45) is 4.43. The molecule has 0 bridgehead atoms. The highest BCUT2D eigenvalue weighted by Gasteiger charge is 2.32. The molecule has 0 saturated carbocycles. The normalized spacial score (nSPS) is 17.3. The third kappa shape index (κ3) is 2.38. The molecule has 4 heterocycles. The van der Waals surface area contributed by atoms with Crippen LogP contribution in [0.2, 0.25) is 0 Å². The van der Waals surface area contributed by atoms with Gasteiger partial charge in [-0.05, 0) is 54.2 Å². The summed E-state index contributed by atoms with van der Waals surface area (Å²) < 4.78 is 2.47. The summed E-state index contributed by atoms with van der Waals surface area (Å²) in [5.74, 6) is -0.0296. The molecule has 7 heteroatoms. The fourth-order valence-electron chi connectivity index (χ4n) is 3.40. The zero-order valence-corrected chi connectivity index (χ0v) is 16.1. The molecule has 3 aromatic rings. The van der Waals surface area contributed by atoms with Gasteiger partial charge >= 0.3 is 0 Å². The number of carbonyl (C=O) groups excluding carboxylic acids is 1. The lowest BCUT2D eigenvalue weighted by atomic mass is 9.96. The number of carbonyl (C=O) groups is 1. The van der Waals surface area contributed by atoms with E-state index in [1.165, 1.54) is 20.9 Å². The van der Waals surface area contributed by atoms with Crippen molar-refractivity contribution in [1.29, 1.82) is 0 Å². The van der Waals surface area contributed by atoms with Crippen LogP contribution in [-0.2, 0) is 6.42 Å². The Bertz CT molecular complexity index is 961. The molecule has 0 radical (unpaired) electrons. The molecule has 0 aliphatic carbocycles. The summed E-state index contributed by atoms with van der Waals surface area (Å²) >= 11 is 5.24. The maximum atomic E-state index is 13.0. The molecule has 1 aliphatic heterocycles. The molecule has 0 fully saturated rings. The highest BCUT2D eigenvalue weighted by Crippen LogP contribution is 2.39. The monoisotopic (exact) mass is 404 g/mol. The molecule has 1 aliphatic rings. The molecule has 3 aromatic heterocycles. The van der Waals surface area contributed by atoms with Gasteiger partial charge in [0.2, 0.25) is 0 Å². The molecule has 0 saturated heterocycles. The Hall–Kier alpha value is -1.73. The number of aromatic nitrogens is 3. The van der Waals surface area contributed by atoms with E-state index in [0.29, 0.717) is 11.3 Å². The van der Waals surface area contributed by atoms with Crippen LogP contribution in [-0.4, -0.2) is 31.9 Å². The van der Waals surface area contributed by atoms with Gasteiger partial charge in [-0.2, -0.15) is 5.10 Å². The van der Waals surface area contributed by atoms with E-state index >= 15 is 0 Å². The lowest BCUT2D eigenvalue weighted by Crippen LogP contribution is -2.38. The minimum atomic E-state index is -0.0296. The second-order valence-electron chi connectivity index (χ2n) is 6.15. The number of rotatable bonds is 1. The second-order valence-corrected chi connectivity index (χ2v) is 8.37. The number of fused-ring (bicyclic) bond motifs is 2. The van der Waals surface area contributed by atoms with Crippen LogP contribution in [0.15, 0.2) is 22.9 Å². The van der Waals surface area contributed by atoms with Crippen molar-refractivity contribution in [3.63, 3.8) is 0 Å². The van der Waals surface area contributed by atoms with Crippen molar-refractivity contribution in [2.45, 2.75) is 33.2 Å². The molecule has 5 nitrogen and oxygen atoms in total. The number of hydrogen-bond donors (Lipinski definition) is 0. The molecule has 0 aromatic carbocycles. The van der Waals surface area contributed by atoms with Gasteiger partial charge in [0.15, 0.2) is 11.3 Å². The number of halogens is 1. The minimum absolute atomic E-state index is 0.0296. The van der Waals surface area contributed by atoms with Crippen LogP contribution in [0, 0.1) is 13.8 Å². The molecule has 1 atom stereocenters. The third-order valence-electron chi connectivity index (χ3n) is 4.74. The highest BCUT2D eigenvalue weighted by molar-refractivity contribution is 9.10. The highest BCUT2D eigenvalue weighted by atomic mass is 79.9. The molecule has 0 N–H and O–H groups in total. The van der Waals surface area contributed by atoms with E-state index in [1.807, 2.05) is 22.4 Å². The molecule has 4 rings (SSSR count). The SMILES string of the molecule is Cc1sc2c(c1C)C(C)N(C(=O)c1cc3ncc(Br)cn3n1)CC2. The van der Waals surface area contributed by atoms with Crippen LogP contribution in [0.5, 0.6) is 0 Å². The first kappa shape index (κ1) is 15.8. The Morgan fingerprint density at radius 2 is 2.21 bits per heavy atom. The number of thiophene rings is 1. The molecule has 1 unspecified atom stereocenters. The van der Waals surface area contributed by atoms with Gasteiger partial charge in [-0.25, -0.2) is 9.50 Å². The van der Waals surface area contributed by atoms with Gasteiger partial charge in [0.05, 0.1) is 10.5 Å². The quantitative estimate of drug-likeness (QED) is 0.617. The van der Waals surface area contributed by atoms with Gasteiger partial charge in [-0.3, -0.25) is 4.79 Å². The molecule has 0 spiro atoms. The maximum Gasteiger partial charge on any atom is 0.274 e. The van der Waals surface area contributed by atoms with E-state index in [2.05, 4.69) is 46.8 Å². The van der Waals surface area contributed by atoms with E-state index in [9.17, 15) is 4.79 Å². The van der Waals surface area contributed by atoms with Crippen LogP contribution in [0.4, 0.5) is 0 Å². The van der Waals surface area contributed by atoms with E-state index in [0.717, 1.165) is 17.4 Å². The lowest BCUT2D eigenvalue weighted by molar-refractivity contribution is 0.0672. The smallest absolute Gasteiger partial charge is 0.274 e. The summed E-state index contributed by atoms with van der Waals surface area (Å²) in [4.78, 5) is 22.0. The average Bonchev–Trinajstić information content (AvgIpc) is 3.09. The van der Waals surface area contributed by atoms with Gasteiger partial charge in [0.1, 0.15) is 0 Å². The standard InChI is InChI=1S/C17H17BrN4OS/c1-9-11(3)24-14-4-5-21(10(2)16(9)14)17(23)13-6-15-19-7-12(18)8-22(15)20-13/h6-8,10H,4-5H2,1-3H3. The zero-order valence-electron chi connectivity index (χ0n) is 13.7. The summed E-state index contributed by atoms with van der Waals surface area (Å²) in [5, 5.41) is 4.40. The number of aryl methyl sites for hydroxylation is 1. The third-order valence-corrected chi connectivity index (χ3v) is 6.43. The largest absolute Gasteiger partial charge is 0.330 e. The van der Waals surface area contributed by atoms with Gasteiger partial charge in [-0.1, -0.05) is 0 Å². The van der Waals surface area contributed by atoms with Crippen LogP contribution in [0.3, 0.4) is 0 Å². The predicted octanol–water partition coefficient (Wildman–Crippen LogP) is 3.93. The second kappa shape index (κ2) is 5.67. The zero-order chi connectivity index (χ0) is 17.0. The summed E-state index contributed by atoms with van der Waals surface area (Å²) in [6, 6.07) is 1.83. The van der Waals surface area contributed by atoms with E-state index in [-0.39, 0.29) is 11.9 Å². The van der Waals surface area contributed by atoms with Crippen molar-refractivity contribution in [2.24, 2.45) is 0 Å². The van der Waals surface area contributed by atoms with Crippen molar-refractivity contribution in [3.05, 3.63) is 49.5 Å². The molecule has 1 amide bonds. The first-order valence-corrected chi connectivity index (χ1v) is 9.47. The van der Waals surface area contributed by atoms with E-state index in [1.54, 1.807) is 16.8 Å². The topological polar surface area (TPSA) is 50.5 Å². The van der Waals surface area contributed by atoms with Gasteiger partial charge < -0.3 is 4.90 Å². The van der Waals surface area contributed by atoms with Crippen molar-refractivity contribution < 1.29 is 4.79 Å². The minimum Gasteiger partial charge on any atom is -0.330 e. The lowest BCUT2D eigenvalue weighted by Gasteiger charge is -2.33. The van der Waals surface area contributed by atoms with Crippen molar-refractivity contribution >= 4 is 38.8 Å². The van der Waals surface area contributed by atoms with Crippen LogP contribution in [0.25, 0.3) is 5.65 Å². The first-order chi connectivity index (χ1) is 11.5. The summed E-state index contributed by atoms with van der Waals surface area (Å²) in [6.45, 7) is 7.15. The fourth-order valence-corrected chi connectivity index (χ4v) is 4.96. The van der Waals surface area contributed by atoms with E-state index in [4.69, 9.17) is 0 Å². The molecular weight excluding hydrogens is 388 g/mol. The van der Waals surface area contributed by atoms with Crippen LogP contribution < -0.4 is 0 Å². The van der Waals surface area contributed by atoms with Crippen LogP contribution in [0.1, 0.15) is 44.3 Å². The number of hydrogen-bond acceptors (Lipinski definition) is 4. The summed E-state index contributed by atoms with van der Waals surface area (Å²) in [5.41, 5.74) is 3.76. The summed E-state index contributed by atoms with van der Waals surface area (Å²) in [7, 11) is 0. The van der Waals surface area contributed by atoms with E-state index < -0.39 is 0 Å². The Morgan fingerprint density at radius 3 is 3.00 bits per heavy atom. The Balaban J connectivity index is 1.70. The fraction of sp³-hybridized carbons (Fsp3) is 0.353. The van der Waals surface area contributed by atoms with Gasteiger partial charge in [0.25, 0.3) is 5.91 Å². The van der Waals surface area contributed by atoms with Crippen LogP contribution >= 0.6 is 27.3 Å². The van der Waals surface area contributed by atoms with Gasteiger partial charge in [-0.15, -0.1) is 11.3 Å². The molecule has 124 valence electrons. The predicted molar refractivity (Wildman–Crippen MR) is 97.6 cm³/mol. The average molecular weight is 405 g/mol. The van der Waals surface area contributed by atoms with Crippen molar-refractivity contribution in [3.8, 4) is 0 Å². The van der Waals surface area contributed by atoms with Gasteiger partial charge in [0, 0.05) is 34.8 Å². The molecule has 24 heavy (non-hydrogen) atoms. The maximum absolute atomic E-state index is 13.0. The van der Waals surface area contributed by atoms with Crippen molar-refractivity contribution in [2.75, 3.05) is 6.54 Å². The Morgan fingerprint density at radius 1 is 1.42 bits per heavy atom. The molecular formula is C17H17BrN4OS. The Labute approximate surface area is 152 Å². The number of amides is 1. The number of nitrogens with zero attached hydrogens (tertiary/aromatic N) is 4. The Kier molecular flexibility index (Phi) is 3.73. The van der Waals surface area contributed by atoms with Crippen molar-refractivity contribution in [1.82, 2.24) is 19.5 Å².